The van der Waals surface area contributed by atoms with Gasteiger partial charge in [0, 0.05) is 31.3 Å². The van der Waals surface area contributed by atoms with Crippen molar-refractivity contribution in [3.05, 3.63) is 129 Å². The van der Waals surface area contributed by atoms with Gasteiger partial charge >= 0.3 is 0 Å². The summed E-state index contributed by atoms with van der Waals surface area (Å²) in [5, 5.41) is 8.82. The van der Waals surface area contributed by atoms with Crippen LogP contribution in [0.1, 0.15) is 15.9 Å². The van der Waals surface area contributed by atoms with E-state index in [0.29, 0.717) is 27.5 Å². The molecule has 4 aromatic carbocycles. The van der Waals surface area contributed by atoms with Gasteiger partial charge in [-0.3, -0.25) is 14.4 Å². The topological polar surface area (TPSA) is 87.3 Å². The fourth-order valence-corrected chi connectivity index (χ4v) is 4.64. The first-order valence-corrected chi connectivity index (χ1v) is 14.0. The first-order valence-electron chi connectivity index (χ1n) is 11.8. The Morgan fingerprint density at radius 1 is 0.795 bits per heavy atom. The van der Waals surface area contributed by atoms with Gasteiger partial charge in [-0.1, -0.05) is 70.0 Å². The largest absolute Gasteiger partial charge is 0.325 e. The SMILES string of the molecule is O=C(CSc1cccc(NC(=O)/C(=C\c2ccccc2Cl)NC(=O)c2ccccc2)c1)Nc1ccc(Br)cc1. The monoisotopic (exact) mass is 619 g/mol. The maximum absolute atomic E-state index is 13.3. The number of hydrogen-bond donors (Lipinski definition) is 3. The molecule has 4 rings (SSSR count). The van der Waals surface area contributed by atoms with Crippen LogP contribution in [0.25, 0.3) is 6.08 Å². The van der Waals surface area contributed by atoms with Crippen LogP contribution in [0.5, 0.6) is 0 Å². The Labute approximate surface area is 244 Å². The molecular formula is C30H23BrClN3O3S. The average molecular weight is 621 g/mol. The molecule has 3 N–H and O–H groups in total. The van der Waals surface area contributed by atoms with Crippen molar-refractivity contribution in [1.29, 1.82) is 0 Å². The number of anilines is 2. The molecule has 0 aliphatic heterocycles. The van der Waals surface area contributed by atoms with Crippen molar-refractivity contribution in [3.8, 4) is 0 Å². The highest BCUT2D eigenvalue weighted by atomic mass is 79.9. The number of carbonyl (C=O) groups excluding carboxylic acids is 3. The molecule has 0 heterocycles. The van der Waals surface area contributed by atoms with E-state index in [0.717, 1.165) is 9.37 Å². The summed E-state index contributed by atoms with van der Waals surface area (Å²) in [7, 11) is 0. The minimum absolute atomic E-state index is 0.0314. The lowest BCUT2D eigenvalue weighted by atomic mass is 10.1. The fraction of sp³-hybridized carbons (Fsp3) is 0.0333. The molecule has 196 valence electrons. The van der Waals surface area contributed by atoms with Gasteiger partial charge in [0.2, 0.25) is 5.91 Å². The van der Waals surface area contributed by atoms with E-state index in [4.69, 9.17) is 11.6 Å². The number of amides is 3. The standard InChI is InChI=1S/C30H23BrClN3O3S/c31-22-13-15-23(16-14-22)33-28(36)19-39-25-11-6-10-24(18-25)34-30(38)27(17-21-9-4-5-12-26(21)32)35-29(37)20-7-2-1-3-8-20/h1-18H,19H2,(H,33,36)(H,34,38)(H,35,37)/b27-17+. The highest BCUT2D eigenvalue weighted by Crippen LogP contribution is 2.23. The molecule has 39 heavy (non-hydrogen) atoms. The number of carbonyl (C=O) groups is 3. The van der Waals surface area contributed by atoms with Crippen LogP contribution in [-0.2, 0) is 9.59 Å². The number of nitrogens with one attached hydrogen (secondary N) is 3. The summed E-state index contributed by atoms with van der Waals surface area (Å²) in [6, 6.07) is 30.1. The molecule has 0 aliphatic carbocycles. The number of rotatable bonds is 9. The lowest BCUT2D eigenvalue weighted by Gasteiger charge is -2.12. The molecule has 0 spiro atoms. The zero-order valence-electron chi connectivity index (χ0n) is 20.5. The van der Waals surface area contributed by atoms with Crippen molar-refractivity contribution in [2.45, 2.75) is 4.90 Å². The van der Waals surface area contributed by atoms with Gasteiger partial charge in [-0.15, -0.1) is 11.8 Å². The van der Waals surface area contributed by atoms with Crippen LogP contribution in [-0.4, -0.2) is 23.5 Å². The molecule has 3 amide bonds. The first-order chi connectivity index (χ1) is 18.9. The predicted octanol–water partition coefficient (Wildman–Crippen LogP) is 7.24. The average Bonchev–Trinajstić information content (AvgIpc) is 2.94. The third kappa shape index (κ3) is 8.58. The van der Waals surface area contributed by atoms with Crippen molar-refractivity contribution in [2.75, 3.05) is 16.4 Å². The van der Waals surface area contributed by atoms with Crippen LogP contribution >= 0.6 is 39.3 Å². The van der Waals surface area contributed by atoms with Gasteiger partial charge in [0.05, 0.1) is 5.75 Å². The highest BCUT2D eigenvalue weighted by molar-refractivity contribution is 9.10. The molecule has 0 saturated carbocycles. The van der Waals surface area contributed by atoms with Crippen LogP contribution in [0.15, 0.2) is 118 Å². The summed E-state index contributed by atoms with van der Waals surface area (Å²) in [5.41, 5.74) is 2.25. The van der Waals surface area contributed by atoms with Gasteiger partial charge in [0.25, 0.3) is 11.8 Å². The molecule has 0 bridgehead atoms. The molecule has 9 heteroatoms. The van der Waals surface area contributed by atoms with Gasteiger partial charge in [0.15, 0.2) is 0 Å². The minimum atomic E-state index is -0.519. The zero-order chi connectivity index (χ0) is 27.6. The summed E-state index contributed by atoms with van der Waals surface area (Å²) < 4.78 is 0.929. The second-order valence-electron chi connectivity index (χ2n) is 8.23. The smallest absolute Gasteiger partial charge is 0.272 e. The first kappa shape index (κ1) is 28.2. The lowest BCUT2D eigenvalue weighted by Crippen LogP contribution is -2.30. The van der Waals surface area contributed by atoms with E-state index < -0.39 is 11.8 Å². The van der Waals surface area contributed by atoms with Gasteiger partial charge < -0.3 is 16.0 Å². The van der Waals surface area contributed by atoms with Gasteiger partial charge in [-0.2, -0.15) is 0 Å². The minimum Gasteiger partial charge on any atom is -0.325 e. The molecule has 6 nitrogen and oxygen atoms in total. The van der Waals surface area contributed by atoms with E-state index in [1.807, 2.05) is 30.3 Å². The van der Waals surface area contributed by atoms with Gasteiger partial charge in [0.1, 0.15) is 5.70 Å². The van der Waals surface area contributed by atoms with E-state index in [-0.39, 0.29) is 17.4 Å². The number of hydrogen-bond acceptors (Lipinski definition) is 4. The van der Waals surface area contributed by atoms with Crippen molar-refractivity contribution >= 4 is 74.5 Å². The maximum Gasteiger partial charge on any atom is 0.272 e. The Hall–Kier alpha value is -3.85. The molecule has 0 unspecified atom stereocenters. The Bertz CT molecular complexity index is 1510. The van der Waals surface area contributed by atoms with E-state index in [2.05, 4.69) is 31.9 Å². The van der Waals surface area contributed by atoms with Crippen molar-refractivity contribution < 1.29 is 14.4 Å². The van der Waals surface area contributed by atoms with E-state index in [9.17, 15) is 14.4 Å². The summed E-state index contributed by atoms with van der Waals surface area (Å²) >= 11 is 11.0. The summed E-state index contributed by atoms with van der Waals surface area (Å²) in [6.07, 6.45) is 1.53. The third-order valence-corrected chi connectivity index (χ3v) is 7.19. The molecule has 0 aliphatic rings. The molecule has 0 fully saturated rings. The fourth-order valence-electron chi connectivity index (χ4n) is 3.43. The van der Waals surface area contributed by atoms with Crippen LogP contribution < -0.4 is 16.0 Å². The lowest BCUT2D eigenvalue weighted by molar-refractivity contribution is -0.114. The Balaban J connectivity index is 1.45. The van der Waals surface area contributed by atoms with E-state index >= 15 is 0 Å². The second kappa shape index (κ2) is 13.8. The van der Waals surface area contributed by atoms with Gasteiger partial charge in [-0.05, 0) is 72.3 Å². The van der Waals surface area contributed by atoms with Crippen LogP contribution in [0.4, 0.5) is 11.4 Å². The van der Waals surface area contributed by atoms with Crippen molar-refractivity contribution in [2.24, 2.45) is 0 Å². The number of thioether (sulfide) groups is 1. The van der Waals surface area contributed by atoms with Crippen LogP contribution in [0.3, 0.4) is 0 Å². The Morgan fingerprint density at radius 2 is 1.51 bits per heavy atom. The normalized spacial score (nSPS) is 11.0. The molecular weight excluding hydrogens is 598 g/mol. The Morgan fingerprint density at radius 3 is 2.26 bits per heavy atom. The predicted molar refractivity (Wildman–Crippen MR) is 162 cm³/mol. The molecule has 0 radical (unpaired) electrons. The summed E-state index contributed by atoms with van der Waals surface area (Å²) in [5.74, 6) is -0.900. The maximum atomic E-state index is 13.3. The zero-order valence-corrected chi connectivity index (χ0v) is 23.6. The Kier molecular flexibility index (Phi) is 9.97. The number of benzene rings is 4. The van der Waals surface area contributed by atoms with Crippen molar-refractivity contribution in [3.63, 3.8) is 0 Å². The van der Waals surface area contributed by atoms with Crippen molar-refractivity contribution in [1.82, 2.24) is 5.32 Å². The highest BCUT2D eigenvalue weighted by Gasteiger charge is 2.16. The summed E-state index contributed by atoms with van der Waals surface area (Å²) in [6.45, 7) is 0. The molecule has 4 aromatic rings. The van der Waals surface area contributed by atoms with Crippen LogP contribution in [0.2, 0.25) is 5.02 Å². The molecule has 0 saturated heterocycles. The summed E-state index contributed by atoms with van der Waals surface area (Å²) in [4.78, 5) is 39.3. The quantitative estimate of drug-likeness (QED) is 0.136. The van der Waals surface area contributed by atoms with E-state index in [1.165, 1.54) is 17.8 Å². The van der Waals surface area contributed by atoms with E-state index in [1.54, 1.807) is 72.8 Å². The number of halogens is 2. The molecule has 0 atom stereocenters. The third-order valence-electron chi connectivity index (χ3n) is 5.32. The molecule has 0 aromatic heterocycles. The van der Waals surface area contributed by atoms with Crippen LogP contribution in [0, 0.1) is 0 Å². The van der Waals surface area contributed by atoms with Gasteiger partial charge in [-0.25, -0.2) is 0 Å². The second-order valence-corrected chi connectivity index (χ2v) is 10.6.